The van der Waals surface area contributed by atoms with Crippen LogP contribution >= 0.6 is 0 Å². The van der Waals surface area contributed by atoms with E-state index in [1.165, 1.54) is 36.9 Å². The van der Waals surface area contributed by atoms with E-state index in [9.17, 15) is 5.26 Å². The molecule has 0 spiro atoms. The van der Waals surface area contributed by atoms with Crippen molar-refractivity contribution < 1.29 is 0 Å². The first-order valence-corrected chi connectivity index (χ1v) is 7.73. The second-order valence-electron chi connectivity index (χ2n) is 5.85. The Morgan fingerprint density at radius 2 is 2.25 bits per heavy atom. The minimum absolute atomic E-state index is 0.452. The van der Waals surface area contributed by atoms with Gasteiger partial charge >= 0.3 is 0 Å². The van der Waals surface area contributed by atoms with Crippen molar-refractivity contribution in [1.29, 1.82) is 5.26 Å². The topological polar surface area (TPSA) is 65.9 Å². The number of aromatic nitrogens is 1. The fourth-order valence-electron chi connectivity index (χ4n) is 3.53. The molecule has 0 bridgehead atoms. The zero-order chi connectivity index (χ0) is 13.9. The summed E-state index contributed by atoms with van der Waals surface area (Å²) >= 11 is 0. The molecule has 106 valence electrons. The first-order valence-electron chi connectivity index (χ1n) is 7.73. The highest BCUT2D eigenvalue weighted by Crippen LogP contribution is 2.31. The minimum Gasteiger partial charge on any atom is -0.352 e. The van der Waals surface area contributed by atoms with Crippen LogP contribution in [0.4, 0.5) is 5.82 Å². The molecule has 3 rings (SSSR count). The number of fused-ring (bicyclic) bond motifs is 1. The van der Waals surface area contributed by atoms with Crippen LogP contribution in [0.2, 0.25) is 0 Å². The van der Waals surface area contributed by atoms with Crippen molar-refractivity contribution in [3.8, 4) is 6.07 Å². The summed E-state index contributed by atoms with van der Waals surface area (Å²) in [7, 11) is 0. The largest absolute Gasteiger partial charge is 0.352 e. The van der Waals surface area contributed by atoms with E-state index in [2.05, 4.69) is 17.0 Å². The summed E-state index contributed by atoms with van der Waals surface area (Å²) in [6.45, 7) is 1.71. The Morgan fingerprint density at radius 1 is 1.35 bits per heavy atom. The lowest BCUT2D eigenvalue weighted by Gasteiger charge is -2.37. The van der Waals surface area contributed by atoms with Gasteiger partial charge in [0.15, 0.2) is 0 Å². The van der Waals surface area contributed by atoms with Gasteiger partial charge in [-0.2, -0.15) is 5.26 Å². The summed E-state index contributed by atoms with van der Waals surface area (Å²) in [5.41, 5.74) is 8.97. The normalized spacial score (nSPS) is 21.6. The van der Waals surface area contributed by atoms with Crippen LogP contribution in [0, 0.1) is 11.3 Å². The lowest BCUT2D eigenvalue weighted by molar-refractivity contribution is 0.438. The average molecular weight is 270 g/mol. The summed E-state index contributed by atoms with van der Waals surface area (Å²) in [5.74, 6) is 0.909. The van der Waals surface area contributed by atoms with Gasteiger partial charge in [-0.1, -0.05) is 0 Å². The molecule has 2 heterocycles. The Labute approximate surface area is 120 Å². The molecular formula is C16H22N4. The Bertz CT molecular complexity index is 530. The Morgan fingerprint density at radius 3 is 3.05 bits per heavy atom. The zero-order valence-corrected chi connectivity index (χ0v) is 11.9. The van der Waals surface area contributed by atoms with Crippen molar-refractivity contribution in [2.75, 3.05) is 18.0 Å². The molecule has 1 aromatic rings. The van der Waals surface area contributed by atoms with E-state index in [0.717, 1.165) is 37.2 Å². The van der Waals surface area contributed by atoms with E-state index < -0.39 is 0 Å². The van der Waals surface area contributed by atoms with Gasteiger partial charge in [0.05, 0.1) is 5.56 Å². The standard InChI is InChI=1S/C16H22N4/c17-8-7-14-5-1-2-9-20(14)16-13(11-18)10-12-4-3-6-15(12)19-16/h10,14H,1-9,17H2. The third kappa shape index (κ3) is 2.38. The molecule has 0 amide bonds. The van der Waals surface area contributed by atoms with Crippen LogP contribution in [-0.2, 0) is 12.8 Å². The van der Waals surface area contributed by atoms with Crippen LogP contribution in [0.15, 0.2) is 6.07 Å². The summed E-state index contributed by atoms with van der Waals surface area (Å²) in [6, 6.07) is 4.87. The zero-order valence-electron chi connectivity index (χ0n) is 11.9. The second-order valence-corrected chi connectivity index (χ2v) is 5.85. The van der Waals surface area contributed by atoms with Crippen LogP contribution in [-0.4, -0.2) is 24.1 Å². The smallest absolute Gasteiger partial charge is 0.147 e. The summed E-state index contributed by atoms with van der Waals surface area (Å²) in [5, 5.41) is 9.46. The molecule has 1 saturated heterocycles. The van der Waals surface area contributed by atoms with E-state index in [4.69, 9.17) is 10.7 Å². The number of nitriles is 1. The van der Waals surface area contributed by atoms with Crippen molar-refractivity contribution in [2.45, 2.75) is 51.0 Å². The lowest BCUT2D eigenvalue weighted by atomic mass is 9.98. The van der Waals surface area contributed by atoms with Gasteiger partial charge in [-0.25, -0.2) is 4.98 Å². The van der Waals surface area contributed by atoms with Crippen LogP contribution in [0.3, 0.4) is 0 Å². The van der Waals surface area contributed by atoms with Gasteiger partial charge < -0.3 is 10.6 Å². The summed E-state index contributed by atoms with van der Waals surface area (Å²) in [4.78, 5) is 7.18. The molecule has 0 saturated carbocycles. The fourth-order valence-corrected chi connectivity index (χ4v) is 3.53. The maximum Gasteiger partial charge on any atom is 0.147 e. The molecule has 1 aliphatic heterocycles. The number of pyridine rings is 1. The molecule has 1 unspecified atom stereocenters. The van der Waals surface area contributed by atoms with Gasteiger partial charge in [-0.3, -0.25) is 0 Å². The van der Waals surface area contributed by atoms with Crippen molar-refractivity contribution in [3.63, 3.8) is 0 Å². The molecule has 1 atom stereocenters. The fraction of sp³-hybridized carbons (Fsp3) is 0.625. The molecule has 1 fully saturated rings. The van der Waals surface area contributed by atoms with E-state index in [1.807, 2.05) is 0 Å². The van der Waals surface area contributed by atoms with Gasteiger partial charge in [0.1, 0.15) is 11.9 Å². The highest BCUT2D eigenvalue weighted by atomic mass is 15.2. The van der Waals surface area contributed by atoms with Gasteiger partial charge in [-0.15, -0.1) is 0 Å². The third-order valence-corrected chi connectivity index (χ3v) is 4.55. The number of hydrogen-bond acceptors (Lipinski definition) is 4. The highest BCUT2D eigenvalue weighted by Gasteiger charge is 2.27. The highest BCUT2D eigenvalue weighted by molar-refractivity contribution is 5.57. The van der Waals surface area contributed by atoms with Crippen molar-refractivity contribution in [2.24, 2.45) is 5.73 Å². The van der Waals surface area contributed by atoms with E-state index >= 15 is 0 Å². The SMILES string of the molecule is N#Cc1cc2c(nc1N1CCCCC1CCN)CCC2. The molecule has 1 aliphatic carbocycles. The predicted octanol–water partition coefficient (Wildman–Crippen LogP) is 2.15. The first kappa shape index (κ1) is 13.4. The van der Waals surface area contributed by atoms with Gasteiger partial charge in [-0.05, 0) is 63.1 Å². The molecule has 4 heteroatoms. The Balaban J connectivity index is 1.97. The molecule has 0 radical (unpaired) electrons. The summed E-state index contributed by atoms with van der Waals surface area (Å²) in [6.07, 6.45) is 7.90. The third-order valence-electron chi connectivity index (χ3n) is 4.55. The Hall–Kier alpha value is -1.60. The molecule has 4 nitrogen and oxygen atoms in total. The van der Waals surface area contributed by atoms with Crippen molar-refractivity contribution >= 4 is 5.82 Å². The lowest BCUT2D eigenvalue weighted by Crippen LogP contribution is -2.41. The molecule has 0 aromatic carbocycles. The number of anilines is 1. The van der Waals surface area contributed by atoms with Crippen LogP contribution in [0.5, 0.6) is 0 Å². The number of hydrogen-bond donors (Lipinski definition) is 1. The van der Waals surface area contributed by atoms with Crippen LogP contribution < -0.4 is 10.6 Å². The molecule has 2 aliphatic rings. The van der Waals surface area contributed by atoms with Crippen molar-refractivity contribution in [3.05, 3.63) is 22.9 Å². The number of nitrogens with zero attached hydrogens (tertiary/aromatic N) is 3. The van der Waals surface area contributed by atoms with E-state index in [0.29, 0.717) is 12.6 Å². The Kier molecular flexibility index (Phi) is 3.88. The predicted molar refractivity (Wildman–Crippen MR) is 79.6 cm³/mol. The summed E-state index contributed by atoms with van der Waals surface area (Å²) < 4.78 is 0. The van der Waals surface area contributed by atoms with Crippen molar-refractivity contribution in [1.82, 2.24) is 4.98 Å². The quantitative estimate of drug-likeness (QED) is 0.914. The average Bonchev–Trinajstić information content (AvgIpc) is 2.94. The molecular weight excluding hydrogens is 248 g/mol. The maximum atomic E-state index is 9.46. The maximum absolute atomic E-state index is 9.46. The number of nitrogens with two attached hydrogens (primary N) is 1. The second kappa shape index (κ2) is 5.80. The van der Waals surface area contributed by atoms with E-state index in [1.54, 1.807) is 0 Å². The van der Waals surface area contributed by atoms with Gasteiger partial charge in [0, 0.05) is 18.3 Å². The number of piperidine rings is 1. The van der Waals surface area contributed by atoms with Crippen LogP contribution in [0.1, 0.15) is 48.9 Å². The van der Waals surface area contributed by atoms with Crippen LogP contribution in [0.25, 0.3) is 0 Å². The number of aryl methyl sites for hydroxylation is 2. The van der Waals surface area contributed by atoms with Gasteiger partial charge in [0.2, 0.25) is 0 Å². The van der Waals surface area contributed by atoms with E-state index in [-0.39, 0.29) is 0 Å². The molecule has 1 aromatic heterocycles. The molecule has 2 N–H and O–H groups in total. The number of rotatable bonds is 3. The minimum atomic E-state index is 0.452. The first-order chi connectivity index (χ1) is 9.83. The molecule has 20 heavy (non-hydrogen) atoms. The monoisotopic (exact) mass is 270 g/mol. The van der Waals surface area contributed by atoms with Gasteiger partial charge in [0.25, 0.3) is 0 Å².